The summed E-state index contributed by atoms with van der Waals surface area (Å²) in [5, 5.41) is 4.48. The summed E-state index contributed by atoms with van der Waals surface area (Å²) < 4.78 is 10.8. The fourth-order valence-electron chi connectivity index (χ4n) is 2.14. The summed E-state index contributed by atoms with van der Waals surface area (Å²) in [5.74, 6) is 1.20. The van der Waals surface area contributed by atoms with E-state index in [1.165, 1.54) is 0 Å². The number of hydrazone groups is 1. The molecule has 5 nitrogen and oxygen atoms in total. The monoisotopic (exact) mass is 374 g/mol. The van der Waals surface area contributed by atoms with E-state index < -0.39 is 0 Å². The first-order valence-corrected chi connectivity index (χ1v) is 8.80. The number of nitrogens with zero attached hydrogens (tertiary/aromatic N) is 1. The molecule has 0 saturated carbocycles. The molecule has 0 aromatic heterocycles. The number of hydrogen-bond donors (Lipinski definition) is 1. The van der Waals surface area contributed by atoms with Crippen LogP contribution in [0.15, 0.2) is 47.6 Å². The van der Waals surface area contributed by atoms with Crippen molar-refractivity contribution in [3.8, 4) is 11.5 Å². The number of rotatable bonds is 8. The van der Waals surface area contributed by atoms with E-state index in [4.69, 9.17) is 21.1 Å². The predicted molar refractivity (Wildman–Crippen MR) is 104 cm³/mol. The van der Waals surface area contributed by atoms with E-state index in [2.05, 4.69) is 10.5 Å². The Morgan fingerprint density at radius 2 is 2.00 bits per heavy atom. The molecule has 0 heterocycles. The lowest BCUT2D eigenvalue weighted by Crippen LogP contribution is -2.19. The normalized spacial score (nSPS) is 12.0. The molecule has 0 saturated heterocycles. The van der Waals surface area contributed by atoms with Gasteiger partial charge in [0.1, 0.15) is 11.5 Å². The van der Waals surface area contributed by atoms with Crippen LogP contribution in [0.4, 0.5) is 0 Å². The Bertz CT molecular complexity index is 760. The van der Waals surface area contributed by atoms with E-state index in [0.29, 0.717) is 10.8 Å². The highest BCUT2D eigenvalue weighted by atomic mass is 35.5. The lowest BCUT2D eigenvalue weighted by atomic mass is 10.1. The molecule has 1 amide bonds. The first-order chi connectivity index (χ1) is 12.5. The van der Waals surface area contributed by atoms with Crippen molar-refractivity contribution in [1.82, 2.24) is 5.43 Å². The van der Waals surface area contributed by atoms with Crippen molar-refractivity contribution in [2.24, 2.45) is 5.10 Å². The smallest absolute Gasteiger partial charge is 0.244 e. The summed E-state index contributed by atoms with van der Waals surface area (Å²) in [7, 11) is 1.60. The summed E-state index contributed by atoms with van der Waals surface area (Å²) in [4.78, 5) is 11.9. The van der Waals surface area contributed by atoms with E-state index in [-0.39, 0.29) is 18.4 Å². The summed E-state index contributed by atoms with van der Waals surface area (Å²) >= 11 is 6.22. The number of methoxy groups -OCH3 is 1. The van der Waals surface area contributed by atoms with Crippen molar-refractivity contribution in [3.63, 3.8) is 0 Å². The highest BCUT2D eigenvalue weighted by Crippen LogP contribution is 2.26. The van der Waals surface area contributed by atoms with Crippen LogP contribution in [-0.4, -0.2) is 25.3 Å². The topological polar surface area (TPSA) is 59.9 Å². The van der Waals surface area contributed by atoms with Gasteiger partial charge in [-0.2, -0.15) is 5.10 Å². The number of halogens is 1. The van der Waals surface area contributed by atoms with Gasteiger partial charge in [0, 0.05) is 0 Å². The zero-order valence-corrected chi connectivity index (χ0v) is 15.9. The van der Waals surface area contributed by atoms with Crippen LogP contribution in [-0.2, 0) is 11.2 Å². The van der Waals surface area contributed by atoms with Crippen molar-refractivity contribution in [2.75, 3.05) is 7.11 Å². The number of nitrogens with one attached hydrogen (secondary N) is 1. The van der Waals surface area contributed by atoms with Gasteiger partial charge < -0.3 is 9.47 Å². The van der Waals surface area contributed by atoms with E-state index in [0.717, 1.165) is 23.3 Å². The Morgan fingerprint density at radius 1 is 1.27 bits per heavy atom. The summed E-state index contributed by atoms with van der Waals surface area (Å²) in [5.41, 5.74) is 4.17. The van der Waals surface area contributed by atoms with Crippen LogP contribution in [0, 0.1) is 0 Å². The van der Waals surface area contributed by atoms with Crippen molar-refractivity contribution in [3.05, 3.63) is 58.6 Å². The first kappa shape index (κ1) is 19.8. The van der Waals surface area contributed by atoms with Gasteiger partial charge >= 0.3 is 0 Å². The second-order valence-corrected chi connectivity index (χ2v) is 6.25. The molecule has 0 aliphatic rings. The number of carbonyl (C=O) groups excluding carboxylic acids is 1. The number of ether oxygens (including phenoxy) is 2. The van der Waals surface area contributed by atoms with Gasteiger partial charge in [-0.3, -0.25) is 4.79 Å². The Labute approximate surface area is 159 Å². The van der Waals surface area contributed by atoms with Gasteiger partial charge in [-0.15, -0.1) is 0 Å². The van der Waals surface area contributed by atoms with Gasteiger partial charge in [0.25, 0.3) is 0 Å². The average Bonchev–Trinajstić information content (AvgIpc) is 2.64. The van der Waals surface area contributed by atoms with E-state index in [1.54, 1.807) is 25.5 Å². The fraction of sp³-hybridized carbons (Fsp3) is 0.300. The summed E-state index contributed by atoms with van der Waals surface area (Å²) in [6.07, 6.45) is 2.79. The third-order valence-corrected chi connectivity index (χ3v) is 4.08. The molecule has 138 valence electrons. The maximum absolute atomic E-state index is 11.9. The molecule has 1 atom stereocenters. The van der Waals surface area contributed by atoms with Crippen molar-refractivity contribution in [1.29, 1.82) is 0 Å². The second-order valence-electron chi connectivity index (χ2n) is 5.84. The van der Waals surface area contributed by atoms with Gasteiger partial charge in [0.2, 0.25) is 5.91 Å². The molecule has 6 heteroatoms. The van der Waals surface area contributed by atoms with Crippen LogP contribution in [0.1, 0.15) is 31.4 Å². The molecule has 2 aromatic rings. The van der Waals surface area contributed by atoms with E-state index >= 15 is 0 Å². The lowest BCUT2D eigenvalue weighted by molar-refractivity contribution is -0.120. The number of amides is 1. The molecular formula is C20H23ClN2O3. The van der Waals surface area contributed by atoms with Crippen LogP contribution in [0.5, 0.6) is 11.5 Å². The molecule has 0 unspecified atom stereocenters. The van der Waals surface area contributed by atoms with Crippen molar-refractivity contribution < 1.29 is 14.3 Å². The minimum atomic E-state index is -0.200. The molecule has 1 N–H and O–H groups in total. The quantitative estimate of drug-likeness (QED) is 0.556. The van der Waals surface area contributed by atoms with Crippen LogP contribution in [0.25, 0.3) is 0 Å². The number of benzene rings is 2. The zero-order chi connectivity index (χ0) is 18.9. The molecule has 0 aliphatic carbocycles. The molecule has 2 rings (SSSR count). The molecule has 0 radical (unpaired) electrons. The third kappa shape index (κ3) is 6.08. The molecule has 0 spiro atoms. The maximum Gasteiger partial charge on any atom is 0.244 e. The molecule has 26 heavy (non-hydrogen) atoms. The third-order valence-electron chi connectivity index (χ3n) is 3.79. The Morgan fingerprint density at radius 3 is 2.62 bits per heavy atom. The van der Waals surface area contributed by atoms with Gasteiger partial charge in [-0.05, 0) is 54.8 Å². The van der Waals surface area contributed by atoms with Gasteiger partial charge in [-0.25, -0.2) is 5.43 Å². The van der Waals surface area contributed by atoms with Crippen LogP contribution < -0.4 is 14.9 Å². The van der Waals surface area contributed by atoms with Crippen molar-refractivity contribution in [2.45, 2.75) is 32.8 Å². The Kier molecular flexibility index (Phi) is 7.48. The fourth-order valence-corrected chi connectivity index (χ4v) is 2.37. The second kappa shape index (κ2) is 9.82. The minimum absolute atomic E-state index is 0.101. The van der Waals surface area contributed by atoms with Gasteiger partial charge in [-0.1, -0.05) is 30.7 Å². The SMILES string of the molecule is CC[C@H](C)Oc1ccc(/C=N/NC(=O)Cc2ccc(OC)cc2)cc1Cl. The summed E-state index contributed by atoms with van der Waals surface area (Å²) in [6.45, 7) is 4.04. The zero-order valence-electron chi connectivity index (χ0n) is 15.2. The molecule has 0 aliphatic heterocycles. The average molecular weight is 375 g/mol. The molecular weight excluding hydrogens is 352 g/mol. The number of hydrogen-bond acceptors (Lipinski definition) is 4. The van der Waals surface area contributed by atoms with E-state index in [1.807, 2.05) is 44.2 Å². The predicted octanol–water partition coefficient (Wildman–Crippen LogP) is 4.22. The van der Waals surface area contributed by atoms with E-state index in [9.17, 15) is 4.79 Å². The molecule has 0 fully saturated rings. The first-order valence-electron chi connectivity index (χ1n) is 8.42. The summed E-state index contributed by atoms with van der Waals surface area (Å²) in [6, 6.07) is 12.7. The van der Waals surface area contributed by atoms with Gasteiger partial charge in [0.05, 0.1) is 30.9 Å². The Balaban J connectivity index is 1.88. The molecule has 2 aromatic carbocycles. The van der Waals surface area contributed by atoms with Gasteiger partial charge in [0.15, 0.2) is 0 Å². The van der Waals surface area contributed by atoms with Crippen LogP contribution >= 0.6 is 11.6 Å². The highest BCUT2D eigenvalue weighted by molar-refractivity contribution is 6.32. The minimum Gasteiger partial charge on any atom is -0.497 e. The standard InChI is InChI=1S/C20H23ClN2O3/c1-4-14(2)26-19-10-7-16(11-18(19)21)13-22-23-20(24)12-15-5-8-17(25-3)9-6-15/h5-11,13-14H,4,12H2,1-3H3,(H,23,24)/b22-13+/t14-/m0/s1. The lowest BCUT2D eigenvalue weighted by Gasteiger charge is -2.13. The maximum atomic E-state index is 11.9. The van der Waals surface area contributed by atoms with Crippen LogP contribution in [0.2, 0.25) is 5.02 Å². The number of carbonyl (C=O) groups is 1. The Hall–Kier alpha value is -2.53. The van der Waals surface area contributed by atoms with Crippen molar-refractivity contribution >= 4 is 23.7 Å². The highest BCUT2D eigenvalue weighted by Gasteiger charge is 2.06. The molecule has 0 bridgehead atoms. The van der Waals surface area contributed by atoms with Crippen LogP contribution in [0.3, 0.4) is 0 Å². The largest absolute Gasteiger partial charge is 0.497 e.